The van der Waals surface area contributed by atoms with Gasteiger partial charge < -0.3 is 14.6 Å². The quantitative estimate of drug-likeness (QED) is 0.715. The first kappa shape index (κ1) is 16.3. The van der Waals surface area contributed by atoms with Crippen LogP contribution in [0.4, 0.5) is 0 Å². The van der Waals surface area contributed by atoms with E-state index < -0.39 is 0 Å². The number of carbonyl (C=O) groups excluding carboxylic acids is 1. The van der Waals surface area contributed by atoms with Crippen LogP contribution < -0.4 is 10.1 Å². The van der Waals surface area contributed by atoms with Crippen LogP contribution in [-0.4, -0.2) is 24.7 Å². The van der Waals surface area contributed by atoms with E-state index in [-0.39, 0.29) is 12.3 Å². The van der Waals surface area contributed by atoms with Crippen LogP contribution in [0.2, 0.25) is 0 Å². The van der Waals surface area contributed by atoms with Crippen LogP contribution >= 0.6 is 11.3 Å². The van der Waals surface area contributed by atoms with Crippen molar-refractivity contribution in [3.63, 3.8) is 0 Å². The van der Waals surface area contributed by atoms with Crippen LogP contribution in [0.5, 0.6) is 5.75 Å². The molecular formula is C18H18N2O3S. The second-order valence-electron chi connectivity index (χ2n) is 5.28. The highest BCUT2D eigenvalue weighted by Crippen LogP contribution is 2.25. The molecule has 0 unspecified atom stereocenters. The number of nitrogens with one attached hydrogen (secondary N) is 1. The van der Waals surface area contributed by atoms with Gasteiger partial charge in [0, 0.05) is 12.6 Å². The number of nitrogens with zero attached hydrogens (tertiary/aromatic N) is 1. The van der Waals surface area contributed by atoms with Crippen molar-refractivity contribution in [2.24, 2.45) is 0 Å². The summed E-state index contributed by atoms with van der Waals surface area (Å²) in [5.74, 6) is 1.47. The molecule has 0 fully saturated rings. The summed E-state index contributed by atoms with van der Waals surface area (Å²) in [4.78, 5) is 13.0. The molecule has 0 radical (unpaired) electrons. The van der Waals surface area contributed by atoms with E-state index in [1.54, 1.807) is 18.4 Å². The summed E-state index contributed by atoms with van der Waals surface area (Å²) < 4.78 is 10.4. The second kappa shape index (κ2) is 7.79. The molecular weight excluding hydrogens is 324 g/mol. The Morgan fingerprint density at radius 2 is 2.12 bits per heavy atom. The minimum atomic E-state index is -0.0606. The summed E-state index contributed by atoms with van der Waals surface area (Å²) >= 11 is 1.58. The lowest BCUT2D eigenvalue weighted by atomic mass is 10.1. The number of thiophene rings is 1. The Morgan fingerprint density at radius 3 is 2.83 bits per heavy atom. The molecule has 0 atom stereocenters. The highest BCUT2D eigenvalue weighted by molar-refractivity contribution is 7.13. The summed E-state index contributed by atoms with van der Waals surface area (Å²) in [7, 11) is 1.64. The first-order valence-electron chi connectivity index (χ1n) is 7.63. The maximum absolute atomic E-state index is 12.0. The Hall–Kier alpha value is -2.60. The maximum atomic E-state index is 12.0. The molecule has 0 aliphatic heterocycles. The fourth-order valence-corrected chi connectivity index (χ4v) is 2.97. The molecule has 0 saturated carbocycles. The number of carbonyl (C=O) groups is 1. The van der Waals surface area contributed by atoms with E-state index in [4.69, 9.17) is 9.26 Å². The molecule has 0 saturated heterocycles. The van der Waals surface area contributed by atoms with E-state index >= 15 is 0 Å². The first-order chi connectivity index (χ1) is 11.7. The summed E-state index contributed by atoms with van der Waals surface area (Å²) in [5.41, 5.74) is 1.79. The normalized spacial score (nSPS) is 10.5. The van der Waals surface area contributed by atoms with Crippen LogP contribution in [0.1, 0.15) is 11.3 Å². The van der Waals surface area contributed by atoms with Gasteiger partial charge in [-0.15, -0.1) is 11.3 Å². The molecule has 3 aromatic rings. The fraction of sp³-hybridized carbons (Fsp3) is 0.222. The van der Waals surface area contributed by atoms with E-state index in [1.807, 2.05) is 47.8 Å². The van der Waals surface area contributed by atoms with Crippen molar-refractivity contribution in [2.45, 2.75) is 12.8 Å². The minimum Gasteiger partial charge on any atom is -0.497 e. The van der Waals surface area contributed by atoms with Gasteiger partial charge in [0.2, 0.25) is 5.91 Å². The van der Waals surface area contributed by atoms with E-state index in [0.717, 1.165) is 22.6 Å². The molecule has 0 aliphatic rings. The molecule has 1 amide bonds. The standard InChI is InChI=1S/C18H18N2O3S/c1-22-15-6-4-13(5-7-15)8-9-19-18(21)12-14-11-16(23-20-14)17-3-2-10-24-17/h2-7,10-11H,8-9,12H2,1H3,(H,19,21). The van der Waals surface area contributed by atoms with Gasteiger partial charge >= 0.3 is 0 Å². The van der Waals surface area contributed by atoms with Gasteiger partial charge in [0.05, 0.1) is 24.1 Å². The summed E-state index contributed by atoms with van der Waals surface area (Å²) in [5, 5.41) is 8.83. The zero-order valence-electron chi connectivity index (χ0n) is 13.3. The molecule has 1 N–H and O–H groups in total. The van der Waals surface area contributed by atoms with Crippen molar-refractivity contribution in [3.8, 4) is 16.4 Å². The zero-order valence-corrected chi connectivity index (χ0v) is 14.1. The molecule has 24 heavy (non-hydrogen) atoms. The molecule has 0 spiro atoms. The van der Waals surface area contributed by atoms with Gasteiger partial charge in [-0.1, -0.05) is 23.4 Å². The van der Waals surface area contributed by atoms with E-state index in [2.05, 4.69) is 10.5 Å². The van der Waals surface area contributed by atoms with Crippen molar-refractivity contribution in [2.75, 3.05) is 13.7 Å². The summed E-state index contributed by atoms with van der Waals surface area (Å²) in [6, 6.07) is 13.6. The SMILES string of the molecule is COc1ccc(CCNC(=O)Cc2cc(-c3cccs3)on2)cc1. The van der Waals surface area contributed by atoms with Crippen molar-refractivity contribution in [3.05, 3.63) is 59.1 Å². The van der Waals surface area contributed by atoms with E-state index in [1.165, 1.54) is 0 Å². The minimum absolute atomic E-state index is 0.0606. The van der Waals surface area contributed by atoms with Crippen molar-refractivity contribution < 1.29 is 14.1 Å². The highest BCUT2D eigenvalue weighted by atomic mass is 32.1. The number of rotatable bonds is 7. The average Bonchev–Trinajstić information content (AvgIpc) is 3.27. The lowest BCUT2D eigenvalue weighted by molar-refractivity contribution is -0.120. The Labute approximate surface area is 144 Å². The number of benzene rings is 1. The van der Waals surface area contributed by atoms with Crippen LogP contribution in [0, 0.1) is 0 Å². The molecule has 1 aromatic carbocycles. The van der Waals surface area contributed by atoms with Crippen LogP contribution in [0.25, 0.3) is 10.6 Å². The first-order valence-corrected chi connectivity index (χ1v) is 8.51. The van der Waals surface area contributed by atoms with Gasteiger partial charge in [-0.3, -0.25) is 4.79 Å². The van der Waals surface area contributed by atoms with Gasteiger partial charge in [0.15, 0.2) is 5.76 Å². The predicted molar refractivity (Wildman–Crippen MR) is 93.2 cm³/mol. The number of hydrogen-bond donors (Lipinski definition) is 1. The Kier molecular flexibility index (Phi) is 5.28. The number of methoxy groups -OCH3 is 1. The van der Waals surface area contributed by atoms with Crippen LogP contribution in [-0.2, 0) is 17.6 Å². The number of ether oxygens (including phenoxy) is 1. The van der Waals surface area contributed by atoms with E-state index in [9.17, 15) is 4.79 Å². The van der Waals surface area contributed by atoms with Crippen molar-refractivity contribution in [1.82, 2.24) is 10.5 Å². The van der Waals surface area contributed by atoms with Gasteiger partial charge in [-0.25, -0.2) is 0 Å². The number of amides is 1. The molecule has 0 aliphatic carbocycles. The Morgan fingerprint density at radius 1 is 1.29 bits per heavy atom. The van der Waals surface area contributed by atoms with E-state index in [0.29, 0.717) is 18.0 Å². The second-order valence-corrected chi connectivity index (χ2v) is 6.23. The monoisotopic (exact) mass is 342 g/mol. The Bertz CT molecular complexity index is 779. The maximum Gasteiger partial charge on any atom is 0.226 e. The molecule has 0 bridgehead atoms. The lowest BCUT2D eigenvalue weighted by Gasteiger charge is -2.05. The summed E-state index contributed by atoms with van der Waals surface area (Å²) in [6.07, 6.45) is 0.993. The van der Waals surface area contributed by atoms with Gasteiger partial charge in [0.25, 0.3) is 0 Å². The number of aromatic nitrogens is 1. The molecule has 6 heteroatoms. The lowest BCUT2D eigenvalue weighted by Crippen LogP contribution is -2.27. The molecule has 2 heterocycles. The smallest absolute Gasteiger partial charge is 0.226 e. The molecule has 124 valence electrons. The molecule has 2 aromatic heterocycles. The Balaban J connectivity index is 1.45. The van der Waals surface area contributed by atoms with Crippen LogP contribution in [0.3, 0.4) is 0 Å². The third-order valence-electron chi connectivity index (χ3n) is 3.56. The van der Waals surface area contributed by atoms with Crippen molar-refractivity contribution in [1.29, 1.82) is 0 Å². The number of hydrogen-bond acceptors (Lipinski definition) is 5. The fourth-order valence-electron chi connectivity index (χ4n) is 2.30. The molecule has 5 nitrogen and oxygen atoms in total. The molecule has 3 rings (SSSR count). The zero-order chi connectivity index (χ0) is 16.8. The topological polar surface area (TPSA) is 64.4 Å². The largest absolute Gasteiger partial charge is 0.497 e. The van der Waals surface area contributed by atoms with Gasteiger partial charge in [0.1, 0.15) is 5.75 Å². The predicted octanol–water partition coefficient (Wildman–Crippen LogP) is 3.31. The highest BCUT2D eigenvalue weighted by Gasteiger charge is 2.11. The van der Waals surface area contributed by atoms with Crippen LogP contribution in [0.15, 0.2) is 52.4 Å². The average molecular weight is 342 g/mol. The summed E-state index contributed by atoms with van der Waals surface area (Å²) in [6.45, 7) is 0.584. The third-order valence-corrected chi connectivity index (χ3v) is 4.44. The van der Waals surface area contributed by atoms with Gasteiger partial charge in [-0.05, 0) is 35.6 Å². The third kappa shape index (κ3) is 4.23. The van der Waals surface area contributed by atoms with Gasteiger partial charge in [-0.2, -0.15) is 0 Å². The van der Waals surface area contributed by atoms with Crippen molar-refractivity contribution >= 4 is 17.2 Å².